The van der Waals surface area contributed by atoms with Crippen LogP contribution < -0.4 is 14.5 Å². The molecule has 9 heteroatoms. The number of anilines is 2. The Balaban J connectivity index is 1.29. The van der Waals surface area contributed by atoms with Crippen LogP contribution in [0.5, 0.6) is 5.75 Å². The zero-order valence-electron chi connectivity index (χ0n) is 19.9. The van der Waals surface area contributed by atoms with Gasteiger partial charge in [-0.25, -0.2) is 4.90 Å². The number of rotatable bonds is 4. The van der Waals surface area contributed by atoms with Gasteiger partial charge in [0.2, 0.25) is 17.7 Å². The van der Waals surface area contributed by atoms with Crippen molar-refractivity contribution in [3.05, 3.63) is 53.6 Å². The lowest BCUT2D eigenvalue weighted by Gasteiger charge is -2.29. The largest absolute Gasteiger partial charge is 0.426 e. The summed E-state index contributed by atoms with van der Waals surface area (Å²) in [5.41, 5.74) is 2.94. The number of carbonyl (C=O) groups is 4. The van der Waals surface area contributed by atoms with E-state index in [4.69, 9.17) is 4.74 Å². The normalized spacial score (nSPS) is 28.0. The predicted molar refractivity (Wildman–Crippen MR) is 143 cm³/mol. The highest BCUT2D eigenvalue weighted by Crippen LogP contribution is 2.45. The fraction of sp³-hybridized carbons (Fsp3) is 0.407. The molecule has 3 aliphatic rings. The molecule has 0 bridgehead atoms. The molecule has 2 saturated heterocycles. The molecule has 2 aromatic rings. The zero-order chi connectivity index (χ0) is 25.7. The van der Waals surface area contributed by atoms with Crippen LogP contribution >= 0.6 is 31.9 Å². The lowest BCUT2D eigenvalue weighted by molar-refractivity contribution is -0.139. The van der Waals surface area contributed by atoms with Gasteiger partial charge in [0.25, 0.3) is 0 Å². The number of hydrogen-bond donors (Lipinski definition) is 0. The summed E-state index contributed by atoms with van der Waals surface area (Å²) in [5.74, 6) is -1.85. The number of alkyl halides is 2. The molecule has 0 unspecified atom stereocenters. The highest BCUT2D eigenvalue weighted by atomic mass is 79.9. The summed E-state index contributed by atoms with van der Waals surface area (Å²) in [5, 5.41) is 0. The second kappa shape index (κ2) is 9.74. The van der Waals surface area contributed by atoms with Crippen molar-refractivity contribution < 1.29 is 23.9 Å². The molecular formula is C27H26Br2N2O5. The van der Waals surface area contributed by atoms with Crippen molar-refractivity contribution >= 4 is 66.9 Å². The molecule has 0 aromatic heterocycles. The average Bonchev–Trinajstić information content (AvgIpc) is 3.33. The smallest absolute Gasteiger partial charge is 0.316 e. The number of para-hydroxylation sites is 1. The third-order valence-electron chi connectivity index (χ3n) is 7.40. The quantitative estimate of drug-likeness (QED) is 0.215. The van der Waals surface area contributed by atoms with E-state index in [0.29, 0.717) is 29.8 Å². The summed E-state index contributed by atoms with van der Waals surface area (Å²) >= 11 is 7.22. The number of benzene rings is 2. The molecule has 5 atom stereocenters. The third-order valence-corrected chi connectivity index (χ3v) is 10.1. The van der Waals surface area contributed by atoms with Crippen molar-refractivity contribution in [1.82, 2.24) is 0 Å². The van der Waals surface area contributed by atoms with Crippen LogP contribution in [0.3, 0.4) is 0 Å². The van der Waals surface area contributed by atoms with Crippen LogP contribution in [0.1, 0.15) is 30.4 Å². The fourth-order valence-electron chi connectivity index (χ4n) is 5.44. The van der Waals surface area contributed by atoms with Crippen LogP contribution in [0.4, 0.5) is 11.4 Å². The van der Waals surface area contributed by atoms with Crippen LogP contribution in [-0.4, -0.2) is 39.9 Å². The van der Waals surface area contributed by atoms with Crippen molar-refractivity contribution in [1.29, 1.82) is 0 Å². The number of amides is 3. The monoisotopic (exact) mass is 616 g/mol. The van der Waals surface area contributed by atoms with Gasteiger partial charge in [-0.1, -0.05) is 50.1 Å². The Hall–Kier alpha value is -2.52. The van der Waals surface area contributed by atoms with Gasteiger partial charge in [-0.05, 0) is 62.1 Å². The number of hydrogen-bond acceptors (Lipinski definition) is 5. The predicted octanol–water partition coefficient (Wildman–Crippen LogP) is 4.69. The van der Waals surface area contributed by atoms with E-state index < -0.39 is 11.9 Å². The number of nitrogens with zero attached hydrogens (tertiary/aromatic N) is 2. The molecule has 7 nitrogen and oxygen atoms in total. The minimum absolute atomic E-state index is 0.0902. The first-order chi connectivity index (χ1) is 17.2. The third kappa shape index (κ3) is 4.41. The van der Waals surface area contributed by atoms with Gasteiger partial charge in [-0.15, -0.1) is 0 Å². The lowest BCUT2D eigenvalue weighted by Crippen LogP contribution is -2.34. The number of halogens is 2. The van der Waals surface area contributed by atoms with Crippen LogP contribution in [0.2, 0.25) is 0 Å². The maximum absolute atomic E-state index is 13.1. The average molecular weight is 618 g/mol. The summed E-state index contributed by atoms with van der Waals surface area (Å²) in [6.45, 7) is 3.98. The van der Waals surface area contributed by atoms with Gasteiger partial charge in [0.15, 0.2) is 0 Å². The number of carbonyl (C=O) groups excluding carboxylic acids is 4. The van der Waals surface area contributed by atoms with E-state index in [-0.39, 0.29) is 52.2 Å². The van der Waals surface area contributed by atoms with Gasteiger partial charge in [0.1, 0.15) is 5.75 Å². The van der Waals surface area contributed by atoms with E-state index in [2.05, 4.69) is 31.9 Å². The van der Waals surface area contributed by atoms with Gasteiger partial charge in [-0.2, -0.15) is 0 Å². The van der Waals surface area contributed by atoms with E-state index in [1.165, 1.54) is 4.90 Å². The molecular weight excluding hydrogens is 592 g/mol. The molecule has 2 aliphatic heterocycles. The van der Waals surface area contributed by atoms with Crippen LogP contribution in [0.15, 0.2) is 42.5 Å². The van der Waals surface area contributed by atoms with E-state index in [0.717, 1.165) is 11.3 Å². The van der Waals surface area contributed by atoms with E-state index in [9.17, 15) is 19.2 Å². The summed E-state index contributed by atoms with van der Waals surface area (Å²) in [4.78, 5) is 55.0. The molecule has 5 rings (SSSR count). The number of fused-ring (bicyclic) bond motifs is 1. The van der Waals surface area contributed by atoms with Crippen LogP contribution in [0, 0.1) is 31.6 Å². The Morgan fingerprint density at radius 2 is 1.53 bits per heavy atom. The summed E-state index contributed by atoms with van der Waals surface area (Å²) < 4.78 is 5.62. The van der Waals surface area contributed by atoms with Crippen LogP contribution in [-0.2, 0) is 19.2 Å². The van der Waals surface area contributed by atoms with Crippen molar-refractivity contribution in [3.63, 3.8) is 0 Å². The van der Waals surface area contributed by atoms with Crippen molar-refractivity contribution in [2.24, 2.45) is 17.8 Å². The fourth-order valence-corrected chi connectivity index (χ4v) is 6.68. The molecule has 1 aliphatic carbocycles. The molecule has 0 N–H and O–H groups in total. The Morgan fingerprint density at radius 1 is 0.889 bits per heavy atom. The summed E-state index contributed by atoms with van der Waals surface area (Å²) in [6.07, 6.45) is 1.30. The van der Waals surface area contributed by atoms with Gasteiger partial charge >= 0.3 is 5.97 Å². The molecule has 36 heavy (non-hydrogen) atoms. The number of ether oxygens (including phenoxy) is 1. The maximum atomic E-state index is 13.1. The molecule has 0 radical (unpaired) electrons. The molecule has 188 valence electrons. The second-order valence-corrected chi connectivity index (χ2v) is 12.1. The minimum atomic E-state index is -0.573. The highest BCUT2D eigenvalue weighted by molar-refractivity contribution is 9.12. The molecule has 0 spiro atoms. The van der Waals surface area contributed by atoms with Gasteiger partial charge < -0.3 is 9.64 Å². The first-order valence-corrected chi connectivity index (χ1v) is 13.8. The molecule has 2 heterocycles. The van der Waals surface area contributed by atoms with Crippen molar-refractivity contribution in [2.75, 3.05) is 16.3 Å². The highest BCUT2D eigenvalue weighted by Gasteiger charge is 2.52. The molecule has 3 amide bonds. The minimum Gasteiger partial charge on any atom is -0.426 e. The number of esters is 1. The number of imide groups is 1. The Labute approximate surface area is 226 Å². The molecule has 1 saturated carbocycles. The van der Waals surface area contributed by atoms with E-state index in [1.54, 1.807) is 30.0 Å². The summed E-state index contributed by atoms with van der Waals surface area (Å²) in [6, 6.07) is 12.5. The van der Waals surface area contributed by atoms with E-state index in [1.807, 2.05) is 31.2 Å². The van der Waals surface area contributed by atoms with Gasteiger partial charge in [0, 0.05) is 28.3 Å². The number of aryl methyl sites for hydroxylation is 2. The van der Waals surface area contributed by atoms with Crippen molar-refractivity contribution in [3.8, 4) is 5.75 Å². The maximum Gasteiger partial charge on any atom is 0.316 e. The first kappa shape index (κ1) is 25.1. The first-order valence-electron chi connectivity index (χ1n) is 12.0. The molecule has 3 fully saturated rings. The lowest BCUT2D eigenvalue weighted by atomic mass is 9.81. The second-order valence-electron chi connectivity index (χ2n) is 9.79. The Bertz CT molecular complexity index is 1240. The SMILES string of the molecule is Cc1ccccc1N1C[C@H](C(=O)Oc2ccc(N3C(=O)[C@H]4C[C@H](Br)[C@@H](Br)C[C@H]4C3=O)c(C)c2)CC1=O. The summed E-state index contributed by atoms with van der Waals surface area (Å²) in [7, 11) is 0. The Kier molecular flexibility index (Phi) is 6.80. The Morgan fingerprint density at radius 3 is 2.14 bits per heavy atom. The standard InChI is InChI=1S/C27H26Br2N2O5/c1-14-5-3-4-6-22(14)30-13-16(10-24(30)32)27(35)36-17-7-8-23(15(2)9-17)31-25(33)18-11-20(28)21(29)12-19(18)26(31)34/h3-9,16,18-21H,10-13H2,1-2H3/t16-,18-,19+,20+,21+/m1/s1. The van der Waals surface area contributed by atoms with Gasteiger partial charge in [-0.3, -0.25) is 19.2 Å². The van der Waals surface area contributed by atoms with E-state index >= 15 is 0 Å². The molecule has 2 aromatic carbocycles. The topological polar surface area (TPSA) is 84.0 Å². The van der Waals surface area contributed by atoms with Gasteiger partial charge in [0.05, 0.1) is 23.4 Å². The zero-order valence-corrected chi connectivity index (χ0v) is 23.1. The van der Waals surface area contributed by atoms with Crippen LogP contribution in [0.25, 0.3) is 0 Å². The van der Waals surface area contributed by atoms with Crippen molar-refractivity contribution in [2.45, 2.75) is 42.8 Å².